The molecule has 0 atom stereocenters. The molecular weight excluding hydrogens is 661 g/mol. The molecule has 10 rings (SSSR count). The average Bonchev–Trinajstić information content (AvgIpc) is 3.76. The molecule has 0 fully saturated rings. The molecule has 10 aromatic rings. The zero-order valence-corrected chi connectivity index (χ0v) is 30.3. The second kappa shape index (κ2) is 12.4. The number of nitrogens with zero attached hydrogens (tertiary/aromatic N) is 4. The van der Waals surface area contributed by atoms with Gasteiger partial charge in [0.1, 0.15) is 11.2 Å². The van der Waals surface area contributed by atoms with E-state index in [1.54, 1.807) is 0 Å². The Bertz CT molecular complexity index is 2970. The van der Waals surface area contributed by atoms with Crippen LogP contribution in [0.4, 0.5) is 0 Å². The molecule has 0 N–H and O–H groups in total. The van der Waals surface area contributed by atoms with Crippen molar-refractivity contribution in [3.8, 4) is 51.0 Å². The molecule has 3 heterocycles. The van der Waals surface area contributed by atoms with Crippen LogP contribution < -0.4 is 0 Å². The molecule has 0 bridgehead atoms. The smallest absolute Gasteiger partial charge is 0.166 e. The first kappa shape index (κ1) is 31.9. The van der Waals surface area contributed by atoms with Gasteiger partial charge in [0.2, 0.25) is 0 Å². The number of furan rings is 1. The summed E-state index contributed by atoms with van der Waals surface area (Å²) in [5.74, 6) is 1.84. The van der Waals surface area contributed by atoms with Crippen LogP contribution >= 0.6 is 0 Å². The molecule has 0 saturated carbocycles. The first-order valence-corrected chi connectivity index (χ1v) is 18.4. The van der Waals surface area contributed by atoms with Gasteiger partial charge in [-0.05, 0) is 58.5 Å². The molecule has 3 aromatic heterocycles. The first-order chi connectivity index (χ1) is 26.4. The highest BCUT2D eigenvalue weighted by Crippen LogP contribution is 2.42. The van der Waals surface area contributed by atoms with Gasteiger partial charge in [-0.15, -0.1) is 0 Å². The maximum Gasteiger partial charge on any atom is 0.166 e. The van der Waals surface area contributed by atoms with Crippen molar-refractivity contribution < 1.29 is 4.42 Å². The highest BCUT2D eigenvalue weighted by atomic mass is 16.3. The predicted octanol–water partition coefficient (Wildman–Crippen LogP) is 12.8. The maximum atomic E-state index is 6.34. The van der Waals surface area contributed by atoms with Gasteiger partial charge in [-0.1, -0.05) is 148 Å². The second-order valence-corrected chi connectivity index (χ2v) is 14.9. The summed E-state index contributed by atoms with van der Waals surface area (Å²) >= 11 is 0. The summed E-state index contributed by atoms with van der Waals surface area (Å²) in [5, 5.41) is 4.57. The lowest BCUT2D eigenvalue weighted by atomic mass is 9.86. The van der Waals surface area contributed by atoms with Gasteiger partial charge in [-0.3, -0.25) is 0 Å². The average molecular weight is 697 g/mol. The van der Waals surface area contributed by atoms with Crippen molar-refractivity contribution in [1.29, 1.82) is 0 Å². The number of rotatable bonds is 5. The van der Waals surface area contributed by atoms with Crippen LogP contribution in [-0.4, -0.2) is 19.5 Å². The molecule has 0 amide bonds. The fourth-order valence-corrected chi connectivity index (χ4v) is 7.72. The minimum atomic E-state index is -0.0302. The number of aromatic nitrogens is 4. The lowest BCUT2D eigenvalue weighted by molar-refractivity contribution is 0.591. The SMILES string of the molecule is CC(C)(C)c1ccc2c3ccccc3n(-c3ccc(-c4cccc5oc6ccccc6c45)cc3-c3nc(-c4ccccc4)nc(-c4ccccc4)n3)c2c1. The van der Waals surface area contributed by atoms with Crippen LogP contribution in [0.15, 0.2) is 168 Å². The van der Waals surface area contributed by atoms with Crippen molar-refractivity contribution in [2.24, 2.45) is 0 Å². The fourth-order valence-electron chi connectivity index (χ4n) is 7.72. The van der Waals surface area contributed by atoms with Crippen LogP contribution in [0.2, 0.25) is 0 Å². The van der Waals surface area contributed by atoms with E-state index in [2.05, 4.69) is 135 Å². The summed E-state index contributed by atoms with van der Waals surface area (Å²) in [6, 6.07) is 57.1. The van der Waals surface area contributed by atoms with Crippen molar-refractivity contribution in [2.75, 3.05) is 0 Å². The van der Waals surface area contributed by atoms with Gasteiger partial charge in [0.25, 0.3) is 0 Å². The van der Waals surface area contributed by atoms with Crippen LogP contribution in [0.25, 0.3) is 94.7 Å². The van der Waals surface area contributed by atoms with Crippen LogP contribution in [-0.2, 0) is 5.41 Å². The van der Waals surface area contributed by atoms with E-state index >= 15 is 0 Å². The minimum absolute atomic E-state index is 0.0302. The molecule has 7 aromatic carbocycles. The van der Waals surface area contributed by atoms with Crippen LogP contribution in [0.3, 0.4) is 0 Å². The lowest BCUT2D eigenvalue weighted by Gasteiger charge is -2.20. The zero-order valence-electron chi connectivity index (χ0n) is 30.3. The molecular formula is C49H36N4O. The van der Waals surface area contributed by atoms with Gasteiger partial charge in [0, 0.05) is 38.2 Å². The summed E-state index contributed by atoms with van der Waals surface area (Å²) in [5.41, 5.74) is 11.1. The third kappa shape index (κ3) is 5.28. The number of hydrogen-bond acceptors (Lipinski definition) is 4. The summed E-state index contributed by atoms with van der Waals surface area (Å²) in [7, 11) is 0. The molecule has 0 aliphatic heterocycles. The van der Waals surface area contributed by atoms with E-state index in [1.807, 2.05) is 54.6 Å². The Balaban J connectivity index is 1.31. The van der Waals surface area contributed by atoms with Crippen molar-refractivity contribution in [3.05, 3.63) is 169 Å². The summed E-state index contributed by atoms with van der Waals surface area (Å²) < 4.78 is 8.73. The van der Waals surface area contributed by atoms with E-state index in [9.17, 15) is 0 Å². The third-order valence-electron chi connectivity index (χ3n) is 10.4. The monoisotopic (exact) mass is 696 g/mol. The number of fused-ring (bicyclic) bond motifs is 6. The molecule has 258 valence electrons. The topological polar surface area (TPSA) is 56.7 Å². The Kier molecular flexibility index (Phi) is 7.31. The lowest BCUT2D eigenvalue weighted by Crippen LogP contribution is -2.11. The van der Waals surface area contributed by atoms with Crippen molar-refractivity contribution in [3.63, 3.8) is 0 Å². The Morgan fingerprint density at radius 3 is 1.78 bits per heavy atom. The molecule has 0 unspecified atom stereocenters. The van der Waals surface area contributed by atoms with E-state index in [0.717, 1.165) is 66.5 Å². The third-order valence-corrected chi connectivity index (χ3v) is 10.4. The molecule has 0 radical (unpaired) electrons. The maximum absolute atomic E-state index is 6.34. The van der Waals surface area contributed by atoms with E-state index in [4.69, 9.17) is 19.4 Å². The Hall–Kier alpha value is -6.85. The molecule has 0 aliphatic carbocycles. The predicted molar refractivity (Wildman–Crippen MR) is 222 cm³/mol. The van der Waals surface area contributed by atoms with Crippen LogP contribution in [0, 0.1) is 0 Å². The van der Waals surface area contributed by atoms with Crippen LogP contribution in [0.1, 0.15) is 26.3 Å². The van der Waals surface area contributed by atoms with Gasteiger partial charge in [-0.2, -0.15) is 0 Å². The summed E-state index contributed by atoms with van der Waals surface area (Å²) in [6.45, 7) is 6.80. The second-order valence-electron chi connectivity index (χ2n) is 14.9. The Morgan fingerprint density at radius 1 is 0.444 bits per heavy atom. The Labute approximate surface area is 313 Å². The Morgan fingerprint density at radius 2 is 1.06 bits per heavy atom. The van der Waals surface area contributed by atoms with Gasteiger partial charge >= 0.3 is 0 Å². The normalized spacial score (nSPS) is 12.0. The van der Waals surface area contributed by atoms with E-state index in [-0.39, 0.29) is 5.41 Å². The largest absolute Gasteiger partial charge is 0.456 e. The van der Waals surface area contributed by atoms with Gasteiger partial charge in [0.05, 0.1) is 16.7 Å². The number of para-hydroxylation sites is 2. The quantitative estimate of drug-likeness (QED) is 0.180. The molecule has 0 spiro atoms. The molecule has 0 aliphatic rings. The van der Waals surface area contributed by atoms with E-state index < -0.39 is 0 Å². The molecule has 5 nitrogen and oxygen atoms in total. The number of hydrogen-bond donors (Lipinski definition) is 0. The minimum Gasteiger partial charge on any atom is -0.456 e. The standard InChI is InChI=1S/C49H36N4O/c1-49(2,3)34-26-27-37-36-19-10-12-22-40(36)53(42(37)30-34)41-28-25-33(35-21-14-24-44-45(35)38-20-11-13-23-43(38)54-44)29-39(41)48-51-46(31-15-6-4-7-16-31)50-47(52-48)32-17-8-5-9-18-32/h4-30H,1-3H3. The van der Waals surface area contributed by atoms with Gasteiger partial charge in [-0.25, -0.2) is 15.0 Å². The van der Waals surface area contributed by atoms with E-state index in [0.29, 0.717) is 17.5 Å². The number of benzene rings is 7. The fraction of sp³-hybridized carbons (Fsp3) is 0.0816. The van der Waals surface area contributed by atoms with Crippen molar-refractivity contribution in [2.45, 2.75) is 26.2 Å². The van der Waals surface area contributed by atoms with Crippen molar-refractivity contribution >= 4 is 43.7 Å². The zero-order chi connectivity index (χ0) is 36.4. The van der Waals surface area contributed by atoms with E-state index in [1.165, 1.54) is 16.3 Å². The highest BCUT2D eigenvalue weighted by molar-refractivity contribution is 6.13. The first-order valence-electron chi connectivity index (χ1n) is 18.4. The van der Waals surface area contributed by atoms with Gasteiger partial charge < -0.3 is 8.98 Å². The summed E-state index contributed by atoms with van der Waals surface area (Å²) in [6.07, 6.45) is 0. The molecule has 54 heavy (non-hydrogen) atoms. The highest BCUT2D eigenvalue weighted by Gasteiger charge is 2.23. The van der Waals surface area contributed by atoms with Crippen LogP contribution in [0.5, 0.6) is 0 Å². The molecule has 5 heteroatoms. The summed E-state index contributed by atoms with van der Waals surface area (Å²) in [4.78, 5) is 15.6. The molecule has 0 saturated heterocycles. The van der Waals surface area contributed by atoms with Gasteiger partial charge in [0.15, 0.2) is 17.5 Å². The van der Waals surface area contributed by atoms with Crippen molar-refractivity contribution in [1.82, 2.24) is 19.5 Å².